The maximum atomic E-state index is 10.7. The molecule has 0 spiro atoms. The van der Waals surface area contributed by atoms with Crippen molar-refractivity contribution in [1.82, 2.24) is 4.98 Å². The molecular weight excluding hydrogens is 302 g/mol. The quantitative estimate of drug-likeness (QED) is 0.485. The molecule has 0 amide bonds. The molecule has 6 nitrogen and oxygen atoms in total. The first kappa shape index (κ1) is 12.9. The number of hydrogen-bond donors (Lipinski definition) is 0. The highest BCUT2D eigenvalue weighted by Crippen LogP contribution is 2.30. The van der Waals surface area contributed by atoms with Crippen molar-refractivity contribution < 1.29 is 9.72 Å². The molecule has 0 aliphatic carbocycles. The Morgan fingerprint density at radius 3 is 2.67 bits per heavy atom. The first-order valence-electron chi connectivity index (χ1n) is 5.62. The number of pyridine rings is 1. The minimum Gasteiger partial charge on any atom is -0.356 e. The Morgan fingerprint density at radius 1 is 1.50 bits per heavy atom. The third kappa shape index (κ3) is 2.66. The number of aromatic nitrogens is 1. The van der Waals surface area contributed by atoms with Gasteiger partial charge in [-0.3, -0.25) is 10.1 Å². The zero-order chi connectivity index (χ0) is 13.1. The molecular formula is C11H12BrN3O3. The van der Waals surface area contributed by atoms with Gasteiger partial charge in [-0.05, 0) is 28.8 Å². The molecule has 1 aliphatic rings. The predicted octanol–water partition coefficient (Wildman–Crippen LogP) is 2.17. The van der Waals surface area contributed by atoms with Crippen LogP contribution in [0.15, 0.2) is 16.7 Å². The number of halogens is 1. The zero-order valence-electron chi connectivity index (χ0n) is 9.58. The summed E-state index contributed by atoms with van der Waals surface area (Å²) in [6.45, 7) is 1.49. The van der Waals surface area contributed by atoms with E-state index in [4.69, 9.17) is 0 Å². The number of hydrogen-bond acceptors (Lipinski definition) is 5. The summed E-state index contributed by atoms with van der Waals surface area (Å²) >= 11 is 3.30. The number of rotatable bonds is 3. The van der Waals surface area contributed by atoms with Gasteiger partial charge < -0.3 is 9.69 Å². The average molecular weight is 314 g/mol. The summed E-state index contributed by atoms with van der Waals surface area (Å²) in [5, 5.41) is 10.6. The molecule has 1 saturated heterocycles. The number of anilines is 1. The lowest BCUT2D eigenvalue weighted by atomic mass is 9.99. The minimum atomic E-state index is -0.472. The van der Waals surface area contributed by atoms with E-state index in [0.29, 0.717) is 10.3 Å². The van der Waals surface area contributed by atoms with Gasteiger partial charge in [0, 0.05) is 25.1 Å². The Balaban J connectivity index is 2.14. The van der Waals surface area contributed by atoms with Crippen LogP contribution in [0.4, 0.5) is 11.5 Å². The van der Waals surface area contributed by atoms with Gasteiger partial charge in [0.25, 0.3) is 5.69 Å². The fourth-order valence-electron chi connectivity index (χ4n) is 2.00. The molecule has 0 unspecified atom stereocenters. The standard InChI is InChI=1S/C11H12BrN3O3/c12-10-5-9(15(17)18)6-13-11(10)14-3-1-8(7-16)2-4-14/h5-8H,1-4H2. The van der Waals surface area contributed by atoms with Gasteiger partial charge in [0.05, 0.1) is 9.40 Å². The maximum absolute atomic E-state index is 10.7. The number of nitrogens with zero attached hydrogens (tertiary/aromatic N) is 3. The second-order valence-electron chi connectivity index (χ2n) is 4.22. The zero-order valence-corrected chi connectivity index (χ0v) is 11.2. The van der Waals surface area contributed by atoms with E-state index < -0.39 is 4.92 Å². The van der Waals surface area contributed by atoms with Gasteiger partial charge in [-0.1, -0.05) is 0 Å². The number of carbonyl (C=O) groups excluding carboxylic acids is 1. The molecule has 96 valence electrons. The van der Waals surface area contributed by atoms with Crippen LogP contribution in [-0.2, 0) is 4.79 Å². The lowest BCUT2D eigenvalue weighted by Crippen LogP contribution is -2.34. The van der Waals surface area contributed by atoms with Gasteiger partial charge in [0.15, 0.2) is 0 Å². The van der Waals surface area contributed by atoms with Crippen LogP contribution in [0.2, 0.25) is 0 Å². The van der Waals surface area contributed by atoms with E-state index in [9.17, 15) is 14.9 Å². The average Bonchev–Trinajstić information content (AvgIpc) is 2.38. The fourth-order valence-corrected chi connectivity index (χ4v) is 2.59. The molecule has 2 rings (SSSR count). The second-order valence-corrected chi connectivity index (χ2v) is 5.07. The molecule has 0 saturated carbocycles. The van der Waals surface area contributed by atoms with Crippen LogP contribution in [0.1, 0.15) is 12.8 Å². The van der Waals surface area contributed by atoms with Crippen molar-refractivity contribution >= 4 is 33.7 Å². The van der Waals surface area contributed by atoms with Crippen molar-refractivity contribution in [3.63, 3.8) is 0 Å². The largest absolute Gasteiger partial charge is 0.356 e. The molecule has 0 bridgehead atoms. The summed E-state index contributed by atoms with van der Waals surface area (Å²) in [6.07, 6.45) is 3.85. The van der Waals surface area contributed by atoms with Crippen molar-refractivity contribution in [3.8, 4) is 0 Å². The normalized spacial score (nSPS) is 16.6. The van der Waals surface area contributed by atoms with Crippen molar-refractivity contribution in [3.05, 3.63) is 26.9 Å². The molecule has 1 aromatic heterocycles. The van der Waals surface area contributed by atoms with Crippen molar-refractivity contribution in [2.75, 3.05) is 18.0 Å². The van der Waals surface area contributed by atoms with E-state index in [1.54, 1.807) is 0 Å². The maximum Gasteiger partial charge on any atom is 0.288 e. The summed E-state index contributed by atoms with van der Waals surface area (Å²) < 4.78 is 0.612. The van der Waals surface area contributed by atoms with Gasteiger partial charge in [0.1, 0.15) is 18.3 Å². The van der Waals surface area contributed by atoms with Crippen LogP contribution in [0.25, 0.3) is 0 Å². The summed E-state index contributed by atoms with van der Waals surface area (Å²) in [5.41, 5.74) is -0.0339. The van der Waals surface area contributed by atoms with Crippen LogP contribution < -0.4 is 4.90 Å². The molecule has 7 heteroatoms. The van der Waals surface area contributed by atoms with Gasteiger partial charge in [0.2, 0.25) is 0 Å². The van der Waals surface area contributed by atoms with Crippen LogP contribution in [0, 0.1) is 16.0 Å². The Labute approximate surface area is 112 Å². The van der Waals surface area contributed by atoms with E-state index in [1.807, 2.05) is 4.90 Å². The fraction of sp³-hybridized carbons (Fsp3) is 0.455. The van der Waals surface area contributed by atoms with E-state index in [0.717, 1.165) is 32.2 Å². The number of aldehydes is 1. The van der Waals surface area contributed by atoms with Crippen molar-refractivity contribution in [2.24, 2.45) is 5.92 Å². The van der Waals surface area contributed by atoms with Gasteiger partial charge in [-0.2, -0.15) is 0 Å². The van der Waals surface area contributed by atoms with E-state index in [2.05, 4.69) is 20.9 Å². The topological polar surface area (TPSA) is 76.3 Å². The van der Waals surface area contributed by atoms with Gasteiger partial charge in [-0.25, -0.2) is 4.98 Å². The first-order chi connectivity index (χ1) is 8.61. The van der Waals surface area contributed by atoms with E-state index in [1.165, 1.54) is 12.3 Å². The molecule has 1 aliphatic heterocycles. The highest BCUT2D eigenvalue weighted by molar-refractivity contribution is 9.10. The summed E-state index contributed by atoms with van der Waals surface area (Å²) in [5.74, 6) is 0.822. The predicted molar refractivity (Wildman–Crippen MR) is 69.6 cm³/mol. The molecule has 1 aromatic rings. The minimum absolute atomic E-state index is 0.0339. The molecule has 0 atom stereocenters. The van der Waals surface area contributed by atoms with Crippen LogP contribution in [0.3, 0.4) is 0 Å². The lowest BCUT2D eigenvalue weighted by molar-refractivity contribution is -0.385. The van der Waals surface area contributed by atoms with Gasteiger partial charge in [-0.15, -0.1) is 0 Å². The molecule has 1 fully saturated rings. The first-order valence-corrected chi connectivity index (χ1v) is 6.41. The Bertz CT molecular complexity index is 473. The molecule has 18 heavy (non-hydrogen) atoms. The highest BCUT2D eigenvalue weighted by Gasteiger charge is 2.22. The number of nitro groups is 1. The summed E-state index contributed by atoms with van der Waals surface area (Å²) in [6, 6.07) is 1.45. The summed E-state index contributed by atoms with van der Waals surface area (Å²) in [7, 11) is 0. The Kier molecular flexibility index (Phi) is 3.90. The summed E-state index contributed by atoms with van der Waals surface area (Å²) in [4.78, 5) is 27.0. The molecule has 0 radical (unpaired) electrons. The third-order valence-corrected chi connectivity index (χ3v) is 3.63. The van der Waals surface area contributed by atoms with Crippen LogP contribution >= 0.6 is 15.9 Å². The van der Waals surface area contributed by atoms with E-state index in [-0.39, 0.29) is 11.6 Å². The Morgan fingerprint density at radius 2 is 2.17 bits per heavy atom. The number of piperidine rings is 1. The lowest BCUT2D eigenvalue weighted by Gasteiger charge is -2.31. The smallest absolute Gasteiger partial charge is 0.288 e. The monoisotopic (exact) mass is 313 g/mol. The molecule has 0 N–H and O–H groups in total. The van der Waals surface area contributed by atoms with Crippen molar-refractivity contribution in [1.29, 1.82) is 0 Å². The van der Waals surface area contributed by atoms with Crippen molar-refractivity contribution in [2.45, 2.75) is 12.8 Å². The van der Waals surface area contributed by atoms with E-state index >= 15 is 0 Å². The second kappa shape index (κ2) is 5.43. The third-order valence-electron chi connectivity index (χ3n) is 3.05. The van der Waals surface area contributed by atoms with Crippen LogP contribution in [0.5, 0.6) is 0 Å². The molecule has 0 aromatic carbocycles. The Hall–Kier alpha value is -1.50. The molecule has 2 heterocycles. The highest BCUT2D eigenvalue weighted by atomic mass is 79.9. The number of carbonyl (C=O) groups is 1. The SMILES string of the molecule is O=CC1CCN(c2ncc([N+](=O)[O-])cc2Br)CC1. The van der Waals surface area contributed by atoms with Crippen LogP contribution in [-0.4, -0.2) is 29.3 Å². The van der Waals surface area contributed by atoms with Gasteiger partial charge >= 0.3 is 0 Å².